The van der Waals surface area contributed by atoms with E-state index in [1.807, 2.05) is 25.1 Å². The maximum Gasteiger partial charge on any atom is 0.416 e. The number of aryl methyl sites for hydroxylation is 1. The Morgan fingerprint density at radius 3 is 2.74 bits per heavy atom. The molecule has 1 aliphatic heterocycles. The average molecular weight is 430 g/mol. The summed E-state index contributed by atoms with van der Waals surface area (Å²) in [6.07, 6.45) is -3.49. The first-order valence-electron chi connectivity index (χ1n) is 10.2. The number of nitrogens with zero attached hydrogens (tertiary/aromatic N) is 3. The molecule has 0 unspecified atom stereocenters. The molecule has 0 aliphatic carbocycles. The van der Waals surface area contributed by atoms with Crippen LogP contribution in [0.25, 0.3) is 10.9 Å². The molecule has 9 heteroatoms. The molecule has 164 valence electrons. The second-order valence-corrected chi connectivity index (χ2v) is 7.80. The summed E-state index contributed by atoms with van der Waals surface area (Å²) >= 11 is 0. The molecule has 1 aliphatic rings. The van der Waals surface area contributed by atoms with Crippen LogP contribution in [0.1, 0.15) is 24.5 Å². The molecule has 0 spiro atoms. The number of nitrogens with two attached hydrogens (primary N) is 1. The third-order valence-corrected chi connectivity index (χ3v) is 5.43. The van der Waals surface area contributed by atoms with E-state index in [1.165, 1.54) is 6.07 Å². The minimum Gasteiger partial charge on any atom is -0.399 e. The van der Waals surface area contributed by atoms with Crippen LogP contribution in [-0.4, -0.2) is 35.6 Å². The number of benzene rings is 2. The lowest BCUT2D eigenvalue weighted by Gasteiger charge is -2.21. The van der Waals surface area contributed by atoms with Gasteiger partial charge in [0.25, 0.3) is 0 Å². The highest BCUT2D eigenvalue weighted by molar-refractivity contribution is 5.93. The number of para-hydroxylation sites is 1. The average Bonchev–Trinajstić information content (AvgIpc) is 3.16. The molecule has 2 aromatic carbocycles. The second kappa shape index (κ2) is 8.22. The Bertz CT molecular complexity index is 1100. The van der Waals surface area contributed by atoms with E-state index in [0.29, 0.717) is 6.04 Å². The molecule has 2 heterocycles. The number of hydrogen-bond donors (Lipinski definition) is 3. The van der Waals surface area contributed by atoms with Crippen molar-refractivity contribution in [3.05, 3.63) is 47.5 Å². The number of fused-ring (bicyclic) bond motifs is 1. The summed E-state index contributed by atoms with van der Waals surface area (Å²) in [5.74, 6) is 1.01. The molecule has 31 heavy (non-hydrogen) atoms. The molecular formula is C22H25F3N6. The molecular weight excluding hydrogens is 405 g/mol. The van der Waals surface area contributed by atoms with E-state index >= 15 is 0 Å². The summed E-state index contributed by atoms with van der Waals surface area (Å²) in [7, 11) is 0. The SMILES string of the molecule is CCN[C@H]1CCN(c2nc(Nc3cc(N)cc(C(F)(F)F)c3)nc3c(C)cccc23)C1. The number of likely N-dealkylation sites (N-methyl/N-ethyl adjacent to an activating group) is 1. The molecule has 1 atom stereocenters. The Hall–Kier alpha value is -3.07. The fourth-order valence-electron chi connectivity index (χ4n) is 4.00. The van der Waals surface area contributed by atoms with Gasteiger partial charge in [-0.05, 0) is 49.7 Å². The standard InChI is InChI=1S/C22H25F3N6/c1-3-27-16-7-8-31(12-16)20-18-6-4-5-13(2)19(18)29-21(30-20)28-17-10-14(22(23,24)25)9-15(26)11-17/h4-6,9-11,16,27H,3,7-8,12,26H2,1-2H3,(H,28,29,30)/t16-/m0/s1. The topological polar surface area (TPSA) is 79.1 Å². The third kappa shape index (κ3) is 4.51. The van der Waals surface area contributed by atoms with Crippen LogP contribution in [0.15, 0.2) is 36.4 Å². The van der Waals surface area contributed by atoms with Crippen molar-refractivity contribution in [2.24, 2.45) is 0 Å². The maximum atomic E-state index is 13.2. The molecule has 3 aromatic rings. The molecule has 4 N–H and O–H groups in total. The predicted molar refractivity (Wildman–Crippen MR) is 118 cm³/mol. The Kier molecular flexibility index (Phi) is 5.62. The van der Waals surface area contributed by atoms with Crippen LogP contribution in [0.3, 0.4) is 0 Å². The van der Waals surface area contributed by atoms with Gasteiger partial charge in [-0.2, -0.15) is 18.2 Å². The molecule has 1 fully saturated rings. The quantitative estimate of drug-likeness (QED) is 0.519. The van der Waals surface area contributed by atoms with Gasteiger partial charge < -0.3 is 21.3 Å². The van der Waals surface area contributed by atoms with Crippen molar-refractivity contribution in [1.82, 2.24) is 15.3 Å². The number of aromatic nitrogens is 2. The molecule has 0 amide bonds. The van der Waals surface area contributed by atoms with E-state index in [-0.39, 0.29) is 17.3 Å². The Labute approximate surface area is 178 Å². The Morgan fingerprint density at radius 1 is 1.19 bits per heavy atom. The fourth-order valence-corrected chi connectivity index (χ4v) is 4.00. The van der Waals surface area contributed by atoms with Gasteiger partial charge in [-0.15, -0.1) is 0 Å². The first-order chi connectivity index (χ1) is 14.7. The van der Waals surface area contributed by atoms with Crippen molar-refractivity contribution in [2.45, 2.75) is 32.5 Å². The first kappa shape index (κ1) is 21.2. The van der Waals surface area contributed by atoms with Crippen LogP contribution in [0.4, 0.5) is 36.3 Å². The zero-order valence-electron chi connectivity index (χ0n) is 17.4. The van der Waals surface area contributed by atoms with Gasteiger partial charge in [0.05, 0.1) is 11.1 Å². The van der Waals surface area contributed by atoms with E-state index in [0.717, 1.165) is 60.5 Å². The van der Waals surface area contributed by atoms with E-state index in [9.17, 15) is 13.2 Å². The highest BCUT2D eigenvalue weighted by Crippen LogP contribution is 2.34. The molecule has 0 bridgehead atoms. The summed E-state index contributed by atoms with van der Waals surface area (Å²) in [6.45, 7) is 6.58. The maximum absolute atomic E-state index is 13.2. The van der Waals surface area contributed by atoms with Crippen molar-refractivity contribution >= 4 is 34.0 Å². The van der Waals surface area contributed by atoms with Crippen molar-refractivity contribution in [3.63, 3.8) is 0 Å². The number of nitrogen functional groups attached to an aromatic ring is 1. The summed E-state index contributed by atoms with van der Waals surface area (Å²) < 4.78 is 39.6. The van der Waals surface area contributed by atoms with Gasteiger partial charge in [-0.3, -0.25) is 0 Å². The van der Waals surface area contributed by atoms with Crippen LogP contribution >= 0.6 is 0 Å². The fraction of sp³-hybridized carbons (Fsp3) is 0.364. The minimum atomic E-state index is -4.49. The number of alkyl halides is 3. The lowest BCUT2D eigenvalue weighted by atomic mass is 10.1. The highest BCUT2D eigenvalue weighted by Gasteiger charge is 2.31. The minimum absolute atomic E-state index is 0.0162. The first-order valence-corrected chi connectivity index (χ1v) is 10.2. The molecule has 1 aromatic heterocycles. The summed E-state index contributed by atoms with van der Waals surface area (Å²) in [5.41, 5.74) is 6.82. The van der Waals surface area contributed by atoms with E-state index in [4.69, 9.17) is 5.73 Å². The van der Waals surface area contributed by atoms with Crippen molar-refractivity contribution in [2.75, 3.05) is 35.6 Å². The van der Waals surface area contributed by atoms with Crippen LogP contribution in [0.5, 0.6) is 0 Å². The van der Waals surface area contributed by atoms with Gasteiger partial charge in [0, 0.05) is 35.9 Å². The molecule has 1 saturated heterocycles. The number of rotatable bonds is 5. The summed E-state index contributed by atoms with van der Waals surface area (Å²) in [5, 5.41) is 7.32. The summed E-state index contributed by atoms with van der Waals surface area (Å²) in [6, 6.07) is 9.63. The Morgan fingerprint density at radius 2 is 2.00 bits per heavy atom. The van der Waals surface area contributed by atoms with Crippen molar-refractivity contribution in [3.8, 4) is 0 Å². The van der Waals surface area contributed by atoms with Gasteiger partial charge >= 0.3 is 6.18 Å². The lowest BCUT2D eigenvalue weighted by molar-refractivity contribution is -0.137. The number of halogens is 3. The Balaban J connectivity index is 1.74. The number of hydrogen-bond acceptors (Lipinski definition) is 6. The molecule has 0 saturated carbocycles. The summed E-state index contributed by atoms with van der Waals surface area (Å²) in [4.78, 5) is 11.5. The number of nitrogens with one attached hydrogen (secondary N) is 2. The van der Waals surface area contributed by atoms with Crippen molar-refractivity contribution in [1.29, 1.82) is 0 Å². The van der Waals surface area contributed by atoms with Gasteiger partial charge in [0.2, 0.25) is 5.95 Å². The highest BCUT2D eigenvalue weighted by atomic mass is 19.4. The smallest absolute Gasteiger partial charge is 0.399 e. The molecule has 0 radical (unpaired) electrons. The zero-order chi connectivity index (χ0) is 22.2. The van der Waals surface area contributed by atoms with Crippen LogP contribution in [0.2, 0.25) is 0 Å². The van der Waals surface area contributed by atoms with Gasteiger partial charge in [0.1, 0.15) is 5.82 Å². The normalized spacial score (nSPS) is 16.8. The van der Waals surface area contributed by atoms with E-state index < -0.39 is 11.7 Å². The third-order valence-electron chi connectivity index (χ3n) is 5.43. The van der Waals surface area contributed by atoms with Gasteiger partial charge in [0.15, 0.2) is 0 Å². The largest absolute Gasteiger partial charge is 0.416 e. The van der Waals surface area contributed by atoms with Crippen LogP contribution in [-0.2, 0) is 6.18 Å². The molecule has 4 rings (SSSR count). The van der Waals surface area contributed by atoms with Gasteiger partial charge in [-0.1, -0.05) is 19.1 Å². The predicted octanol–water partition coefficient (Wildman–Crippen LogP) is 4.47. The van der Waals surface area contributed by atoms with Crippen LogP contribution in [0, 0.1) is 6.92 Å². The second-order valence-electron chi connectivity index (χ2n) is 7.80. The lowest BCUT2D eigenvalue weighted by Crippen LogP contribution is -2.32. The number of anilines is 4. The van der Waals surface area contributed by atoms with Crippen LogP contribution < -0.4 is 21.3 Å². The van der Waals surface area contributed by atoms with E-state index in [2.05, 4.69) is 32.4 Å². The van der Waals surface area contributed by atoms with Gasteiger partial charge in [-0.25, -0.2) is 4.98 Å². The zero-order valence-corrected chi connectivity index (χ0v) is 17.4. The van der Waals surface area contributed by atoms with Crippen molar-refractivity contribution < 1.29 is 13.2 Å². The monoisotopic (exact) mass is 430 g/mol. The molecule has 6 nitrogen and oxygen atoms in total. The van der Waals surface area contributed by atoms with E-state index in [1.54, 1.807) is 0 Å².